The van der Waals surface area contributed by atoms with Crippen LogP contribution in [0.1, 0.15) is 37.9 Å². The highest BCUT2D eigenvalue weighted by molar-refractivity contribution is 9.15. The first-order chi connectivity index (χ1) is 11.2. The molecule has 0 radical (unpaired) electrons. The zero-order valence-corrected chi connectivity index (χ0v) is 15.6. The number of fused-ring (bicyclic) bond motifs is 1. The van der Waals surface area contributed by atoms with E-state index in [0.29, 0.717) is 4.48 Å². The van der Waals surface area contributed by atoms with Crippen molar-refractivity contribution in [1.82, 2.24) is 10.2 Å². The van der Waals surface area contributed by atoms with Gasteiger partial charge in [-0.1, -0.05) is 36.9 Å². The zero-order chi connectivity index (χ0) is 17.9. The highest BCUT2D eigenvalue weighted by Crippen LogP contribution is 2.38. The summed E-state index contributed by atoms with van der Waals surface area (Å²) in [6.45, 7) is 9.29. The SMILES string of the molecule is C=CCOC(=O)N1C=C(Br)c2ccccc2C1C(=O)NC(C)(C)C. The standard InChI is InChI=1S/C18H21BrN2O3/c1-5-10-24-17(23)21-11-14(19)12-8-6-7-9-13(12)15(21)16(22)20-18(2,3)4/h5-9,11,15H,1,10H2,2-4H3,(H,20,22). The van der Waals surface area contributed by atoms with Gasteiger partial charge in [-0.25, -0.2) is 4.79 Å². The maximum absolute atomic E-state index is 12.8. The molecule has 1 atom stereocenters. The van der Waals surface area contributed by atoms with Gasteiger partial charge in [0.05, 0.1) is 0 Å². The molecular formula is C18H21BrN2O3. The van der Waals surface area contributed by atoms with E-state index in [0.717, 1.165) is 11.1 Å². The van der Waals surface area contributed by atoms with E-state index in [9.17, 15) is 9.59 Å². The molecule has 24 heavy (non-hydrogen) atoms. The summed E-state index contributed by atoms with van der Waals surface area (Å²) in [6.07, 6.45) is 2.47. The molecule has 1 heterocycles. The molecule has 1 aliphatic heterocycles. The van der Waals surface area contributed by atoms with Gasteiger partial charge in [-0.05, 0) is 47.8 Å². The number of carbonyl (C=O) groups excluding carboxylic acids is 2. The zero-order valence-electron chi connectivity index (χ0n) is 14.0. The van der Waals surface area contributed by atoms with Crippen LogP contribution in [0, 0.1) is 0 Å². The number of nitrogens with zero attached hydrogens (tertiary/aromatic N) is 1. The number of benzene rings is 1. The molecule has 1 aliphatic rings. The molecule has 0 spiro atoms. The Morgan fingerprint density at radius 3 is 2.67 bits per heavy atom. The smallest absolute Gasteiger partial charge is 0.415 e. The molecule has 128 valence electrons. The maximum atomic E-state index is 12.8. The Balaban J connectivity index is 2.44. The van der Waals surface area contributed by atoms with Gasteiger partial charge >= 0.3 is 6.09 Å². The topological polar surface area (TPSA) is 58.6 Å². The molecule has 1 unspecified atom stereocenters. The van der Waals surface area contributed by atoms with Gasteiger partial charge in [0.2, 0.25) is 5.91 Å². The van der Waals surface area contributed by atoms with Gasteiger partial charge in [0.25, 0.3) is 0 Å². The molecule has 2 amide bonds. The molecule has 1 aromatic carbocycles. The van der Waals surface area contributed by atoms with E-state index >= 15 is 0 Å². The van der Waals surface area contributed by atoms with Crippen LogP contribution in [-0.2, 0) is 9.53 Å². The monoisotopic (exact) mass is 392 g/mol. The van der Waals surface area contributed by atoms with Crippen LogP contribution >= 0.6 is 15.9 Å². The number of rotatable bonds is 3. The van der Waals surface area contributed by atoms with Crippen LogP contribution in [0.25, 0.3) is 4.48 Å². The third kappa shape index (κ3) is 4.06. The molecule has 0 aromatic heterocycles. The Morgan fingerprint density at radius 2 is 2.04 bits per heavy atom. The number of carbonyl (C=O) groups is 2. The van der Waals surface area contributed by atoms with Crippen molar-refractivity contribution in [3.05, 3.63) is 54.2 Å². The van der Waals surface area contributed by atoms with E-state index < -0.39 is 17.7 Å². The van der Waals surface area contributed by atoms with Crippen LogP contribution in [-0.4, -0.2) is 29.0 Å². The van der Waals surface area contributed by atoms with E-state index in [1.54, 1.807) is 6.20 Å². The Kier molecular flexibility index (Phi) is 5.49. The van der Waals surface area contributed by atoms with Crippen molar-refractivity contribution in [3.63, 3.8) is 0 Å². The molecule has 0 aliphatic carbocycles. The second kappa shape index (κ2) is 7.21. The van der Waals surface area contributed by atoms with E-state index in [-0.39, 0.29) is 12.5 Å². The number of halogens is 1. The second-order valence-electron chi connectivity index (χ2n) is 6.48. The van der Waals surface area contributed by atoms with Gasteiger partial charge in [0.15, 0.2) is 0 Å². The molecule has 0 saturated heterocycles. The minimum atomic E-state index is -0.793. The minimum Gasteiger partial charge on any atom is -0.445 e. The van der Waals surface area contributed by atoms with Gasteiger partial charge in [-0.3, -0.25) is 9.69 Å². The number of hydrogen-bond acceptors (Lipinski definition) is 3. The third-order valence-corrected chi connectivity index (χ3v) is 3.96. The van der Waals surface area contributed by atoms with Crippen molar-refractivity contribution in [2.45, 2.75) is 32.4 Å². The Morgan fingerprint density at radius 1 is 1.38 bits per heavy atom. The lowest BCUT2D eigenvalue weighted by molar-refractivity contribution is -0.126. The van der Waals surface area contributed by atoms with Crippen LogP contribution in [0.2, 0.25) is 0 Å². The number of hydrogen-bond donors (Lipinski definition) is 1. The number of nitrogens with one attached hydrogen (secondary N) is 1. The quantitative estimate of drug-likeness (QED) is 0.791. The van der Waals surface area contributed by atoms with Crippen molar-refractivity contribution in [2.24, 2.45) is 0 Å². The second-order valence-corrected chi connectivity index (χ2v) is 7.33. The first kappa shape index (κ1) is 18.3. The first-order valence-corrected chi connectivity index (χ1v) is 8.38. The van der Waals surface area contributed by atoms with Crippen molar-refractivity contribution in [2.75, 3.05) is 6.61 Å². The molecule has 0 fully saturated rings. The molecule has 0 bridgehead atoms. The molecule has 6 heteroatoms. The predicted molar refractivity (Wildman–Crippen MR) is 97.4 cm³/mol. The molecule has 1 aromatic rings. The van der Waals surface area contributed by atoms with E-state index in [4.69, 9.17) is 4.74 Å². The van der Waals surface area contributed by atoms with Gasteiger partial charge in [-0.15, -0.1) is 0 Å². The van der Waals surface area contributed by atoms with Gasteiger partial charge in [0, 0.05) is 16.2 Å². The molecular weight excluding hydrogens is 372 g/mol. The average molecular weight is 393 g/mol. The fourth-order valence-electron chi connectivity index (χ4n) is 2.44. The average Bonchev–Trinajstić information content (AvgIpc) is 2.50. The normalized spacial score (nSPS) is 16.8. The van der Waals surface area contributed by atoms with Crippen molar-refractivity contribution in [1.29, 1.82) is 0 Å². The lowest BCUT2D eigenvalue weighted by atomic mass is 9.95. The number of amides is 2. The lowest BCUT2D eigenvalue weighted by Gasteiger charge is -2.34. The van der Waals surface area contributed by atoms with Gasteiger partial charge < -0.3 is 10.1 Å². The fraction of sp³-hybridized carbons (Fsp3) is 0.333. The summed E-state index contributed by atoms with van der Waals surface area (Å²) in [5.41, 5.74) is 1.20. The summed E-state index contributed by atoms with van der Waals surface area (Å²) >= 11 is 3.46. The van der Waals surface area contributed by atoms with E-state index in [2.05, 4.69) is 27.8 Å². The Hall–Kier alpha value is -2.08. The van der Waals surface area contributed by atoms with E-state index in [1.807, 2.05) is 45.0 Å². The molecule has 1 N–H and O–H groups in total. The third-order valence-electron chi connectivity index (χ3n) is 3.33. The Labute approximate surface area is 150 Å². The molecule has 2 rings (SSSR count). The first-order valence-electron chi connectivity index (χ1n) is 7.59. The highest BCUT2D eigenvalue weighted by Gasteiger charge is 2.37. The van der Waals surface area contributed by atoms with Gasteiger partial charge in [-0.2, -0.15) is 0 Å². The van der Waals surface area contributed by atoms with E-state index in [1.165, 1.54) is 11.0 Å². The summed E-state index contributed by atoms with van der Waals surface area (Å²) in [6, 6.07) is 6.68. The van der Waals surface area contributed by atoms with Crippen LogP contribution in [0.5, 0.6) is 0 Å². The summed E-state index contributed by atoms with van der Waals surface area (Å²) in [4.78, 5) is 26.6. The van der Waals surface area contributed by atoms with Gasteiger partial charge in [0.1, 0.15) is 12.6 Å². The lowest BCUT2D eigenvalue weighted by Crippen LogP contribution is -2.49. The predicted octanol–water partition coefficient (Wildman–Crippen LogP) is 3.97. The summed E-state index contributed by atoms with van der Waals surface area (Å²) in [7, 11) is 0. The minimum absolute atomic E-state index is 0.0794. The summed E-state index contributed by atoms with van der Waals surface area (Å²) in [5.74, 6) is -0.262. The highest BCUT2D eigenvalue weighted by atomic mass is 79.9. The van der Waals surface area contributed by atoms with Crippen LogP contribution in [0.4, 0.5) is 4.79 Å². The van der Waals surface area contributed by atoms with Crippen LogP contribution in [0.3, 0.4) is 0 Å². The molecule has 5 nitrogen and oxygen atoms in total. The summed E-state index contributed by atoms with van der Waals surface area (Å²) in [5, 5.41) is 2.93. The van der Waals surface area contributed by atoms with Crippen LogP contribution < -0.4 is 5.32 Å². The van der Waals surface area contributed by atoms with Crippen LogP contribution in [0.15, 0.2) is 43.1 Å². The van der Waals surface area contributed by atoms with Crippen molar-refractivity contribution >= 4 is 32.4 Å². The maximum Gasteiger partial charge on any atom is 0.415 e. The fourth-order valence-corrected chi connectivity index (χ4v) is 3.02. The van der Waals surface area contributed by atoms with Crippen molar-refractivity contribution < 1.29 is 14.3 Å². The van der Waals surface area contributed by atoms with Crippen molar-refractivity contribution in [3.8, 4) is 0 Å². The Bertz CT molecular complexity index is 692. The largest absolute Gasteiger partial charge is 0.445 e. The number of ether oxygens (including phenoxy) is 1. The summed E-state index contributed by atoms with van der Waals surface area (Å²) < 4.78 is 5.84. The molecule has 0 saturated carbocycles.